The number of benzene rings is 1. The van der Waals surface area contributed by atoms with Crippen LogP contribution < -0.4 is 5.32 Å². The Morgan fingerprint density at radius 3 is 2.67 bits per heavy atom. The predicted molar refractivity (Wildman–Crippen MR) is 65.2 cm³/mol. The molecule has 0 bridgehead atoms. The van der Waals surface area contributed by atoms with Gasteiger partial charge in [0.15, 0.2) is 0 Å². The highest BCUT2D eigenvalue weighted by molar-refractivity contribution is 9.10. The van der Waals surface area contributed by atoms with Gasteiger partial charge in [0.25, 0.3) is 0 Å². The third-order valence-electron chi connectivity index (χ3n) is 3.14. The molecule has 1 aliphatic heterocycles. The minimum Gasteiger partial charge on any atom is -0.375 e. The smallest absolute Gasteiger partial charge is 0.0966 e. The largest absolute Gasteiger partial charge is 0.375 e. The molecule has 0 aliphatic carbocycles. The van der Waals surface area contributed by atoms with Crippen LogP contribution in [0.15, 0.2) is 22.7 Å². The first kappa shape index (κ1) is 11.1. The fourth-order valence-corrected chi connectivity index (χ4v) is 2.43. The summed E-state index contributed by atoms with van der Waals surface area (Å²) in [7, 11) is 1.80. The van der Waals surface area contributed by atoms with Crippen molar-refractivity contribution in [1.29, 1.82) is 0 Å². The normalized spacial score (nSPS) is 18.6. The van der Waals surface area contributed by atoms with Gasteiger partial charge in [-0.1, -0.05) is 22.0 Å². The molecule has 0 amide bonds. The zero-order valence-electron chi connectivity index (χ0n) is 9.14. The Kier molecular flexibility index (Phi) is 3.14. The number of methoxy groups -OCH3 is 1. The molecule has 0 spiro atoms. The lowest BCUT2D eigenvalue weighted by Gasteiger charge is -2.41. The molecule has 1 N–H and O–H groups in total. The SMILES string of the molecule is COC1(Cc2ccc(Br)cc2C)CNC1. The number of hydrogen-bond donors (Lipinski definition) is 1. The maximum absolute atomic E-state index is 5.59. The van der Waals surface area contributed by atoms with E-state index < -0.39 is 0 Å². The molecule has 1 aromatic carbocycles. The van der Waals surface area contributed by atoms with Gasteiger partial charge in [0.1, 0.15) is 0 Å². The van der Waals surface area contributed by atoms with Gasteiger partial charge < -0.3 is 10.1 Å². The Balaban J connectivity index is 2.16. The van der Waals surface area contributed by atoms with E-state index in [4.69, 9.17) is 4.74 Å². The van der Waals surface area contributed by atoms with Crippen LogP contribution in [0.4, 0.5) is 0 Å². The molecule has 0 atom stereocenters. The van der Waals surface area contributed by atoms with Crippen molar-refractivity contribution in [2.45, 2.75) is 18.9 Å². The summed E-state index contributed by atoms with van der Waals surface area (Å²) in [6.07, 6.45) is 0.996. The van der Waals surface area contributed by atoms with Gasteiger partial charge in [0, 0.05) is 31.1 Å². The van der Waals surface area contributed by atoms with Gasteiger partial charge >= 0.3 is 0 Å². The lowest BCUT2D eigenvalue weighted by atomic mass is 9.87. The molecule has 2 rings (SSSR count). The molecule has 15 heavy (non-hydrogen) atoms. The first-order chi connectivity index (χ1) is 7.15. The Bertz CT molecular complexity index is 355. The third-order valence-corrected chi connectivity index (χ3v) is 3.64. The summed E-state index contributed by atoms with van der Waals surface area (Å²) in [5.74, 6) is 0. The maximum Gasteiger partial charge on any atom is 0.0966 e. The third kappa shape index (κ3) is 2.25. The summed E-state index contributed by atoms with van der Waals surface area (Å²) < 4.78 is 6.73. The Morgan fingerprint density at radius 1 is 1.47 bits per heavy atom. The van der Waals surface area contributed by atoms with E-state index in [1.165, 1.54) is 11.1 Å². The van der Waals surface area contributed by atoms with E-state index in [0.29, 0.717) is 0 Å². The molecule has 82 valence electrons. The van der Waals surface area contributed by atoms with E-state index in [-0.39, 0.29) is 5.60 Å². The first-order valence-electron chi connectivity index (χ1n) is 5.16. The zero-order chi connectivity index (χ0) is 10.9. The monoisotopic (exact) mass is 269 g/mol. The van der Waals surface area contributed by atoms with Crippen molar-refractivity contribution in [1.82, 2.24) is 5.32 Å². The molecule has 0 aromatic heterocycles. The van der Waals surface area contributed by atoms with Crippen LogP contribution in [0.5, 0.6) is 0 Å². The first-order valence-corrected chi connectivity index (χ1v) is 5.95. The van der Waals surface area contributed by atoms with Crippen molar-refractivity contribution >= 4 is 15.9 Å². The van der Waals surface area contributed by atoms with Crippen LogP contribution in [-0.4, -0.2) is 25.8 Å². The second-order valence-corrected chi connectivity index (χ2v) is 5.15. The lowest BCUT2D eigenvalue weighted by Crippen LogP contribution is -2.61. The van der Waals surface area contributed by atoms with Crippen molar-refractivity contribution in [3.63, 3.8) is 0 Å². The Morgan fingerprint density at radius 2 is 2.20 bits per heavy atom. The average molecular weight is 270 g/mol. The standard InChI is InChI=1S/C12H16BrNO/c1-9-5-11(13)4-3-10(9)6-12(15-2)7-14-8-12/h3-5,14H,6-8H2,1-2H3. The van der Waals surface area contributed by atoms with E-state index in [2.05, 4.69) is 46.4 Å². The quantitative estimate of drug-likeness (QED) is 0.909. The second kappa shape index (κ2) is 4.24. The number of halogens is 1. The molecule has 1 heterocycles. The van der Waals surface area contributed by atoms with Crippen LogP contribution in [0.2, 0.25) is 0 Å². The number of ether oxygens (including phenoxy) is 1. The van der Waals surface area contributed by atoms with Crippen LogP contribution in [0.1, 0.15) is 11.1 Å². The summed E-state index contributed by atoms with van der Waals surface area (Å²) in [4.78, 5) is 0. The van der Waals surface area contributed by atoms with Crippen molar-refractivity contribution < 1.29 is 4.74 Å². The van der Waals surface area contributed by atoms with Gasteiger partial charge in [-0.2, -0.15) is 0 Å². The molecule has 1 saturated heterocycles. The van der Waals surface area contributed by atoms with Gasteiger partial charge in [-0.3, -0.25) is 0 Å². The van der Waals surface area contributed by atoms with Crippen molar-refractivity contribution in [3.05, 3.63) is 33.8 Å². The molecule has 0 saturated carbocycles. The van der Waals surface area contributed by atoms with Crippen molar-refractivity contribution in [2.24, 2.45) is 0 Å². The fourth-order valence-electron chi connectivity index (χ4n) is 1.95. The molecule has 2 nitrogen and oxygen atoms in total. The van der Waals surface area contributed by atoms with Gasteiger partial charge in [0.2, 0.25) is 0 Å². The minimum atomic E-state index is 0.0264. The van der Waals surface area contributed by atoms with Crippen molar-refractivity contribution in [3.8, 4) is 0 Å². The average Bonchev–Trinajstić information content (AvgIpc) is 2.14. The highest BCUT2D eigenvalue weighted by atomic mass is 79.9. The van der Waals surface area contributed by atoms with Gasteiger partial charge in [-0.25, -0.2) is 0 Å². The topological polar surface area (TPSA) is 21.3 Å². The van der Waals surface area contributed by atoms with Crippen LogP contribution in [0.3, 0.4) is 0 Å². The molecule has 1 fully saturated rings. The van der Waals surface area contributed by atoms with Crippen LogP contribution in [0, 0.1) is 6.92 Å². The minimum absolute atomic E-state index is 0.0264. The van der Waals surface area contributed by atoms with E-state index >= 15 is 0 Å². The van der Waals surface area contributed by atoms with Gasteiger partial charge in [0.05, 0.1) is 5.60 Å². The summed E-state index contributed by atoms with van der Waals surface area (Å²) in [5.41, 5.74) is 2.73. The number of nitrogens with one attached hydrogen (secondary N) is 1. The summed E-state index contributed by atoms with van der Waals surface area (Å²) >= 11 is 3.48. The fraction of sp³-hybridized carbons (Fsp3) is 0.500. The predicted octanol–water partition coefficient (Wildman–Crippen LogP) is 2.29. The van der Waals surface area contributed by atoms with Crippen LogP contribution >= 0.6 is 15.9 Å². The maximum atomic E-state index is 5.59. The van der Waals surface area contributed by atoms with E-state index in [0.717, 1.165) is 24.0 Å². The molecular formula is C12H16BrNO. The summed E-state index contributed by atoms with van der Waals surface area (Å²) in [6.45, 7) is 4.06. The zero-order valence-corrected chi connectivity index (χ0v) is 10.7. The van der Waals surface area contributed by atoms with E-state index in [1.807, 2.05) is 0 Å². The Labute approximate surface area is 99.1 Å². The summed E-state index contributed by atoms with van der Waals surface area (Å²) in [6, 6.07) is 6.43. The van der Waals surface area contributed by atoms with Crippen LogP contribution in [0.25, 0.3) is 0 Å². The lowest BCUT2D eigenvalue weighted by molar-refractivity contribution is -0.0503. The highest BCUT2D eigenvalue weighted by Crippen LogP contribution is 2.25. The number of hydrogen-bond acceptors (Lipinski definition) is 2. The number of rotatable bonds is 3. The number of aryl methyl sites for hydroxylation is 1. The molecule has 1 aliphatic rings. The van der Waals surface area contributed by atoms with Crippen molar-refractivity contribution in [2.75, 3.05) is 20.2 Å². The van der Waals surface area contributed by atoms with Gasteiger partial charge in [-0.15, -0.1) is 0 Å². The Hall–Kier alpha value is -0.380. The molecule has 3 heteroatoms. The summed E-state index contributed by atoms with van der Waals surface area (Å²) in [5, 5.41) is 3.27. The second-order valence-electron chi connectivity index (χ2n) is 4.24. The molecule has 0 radical (unpaired) electrons. The van der Waals surface area contributed by atoms with Crippen LogP contribution in [-0.2, 0) is 11.2 Å². The molecular weight excluding hydrogens is 254 g/mol. The highest BCUT2D eigenvalue weighted by Gasteiger charge is 2.37. The van der Waals surface area contributed by atoms with Gasteiger partial charge in [-0.05, 0) is 30.2 Å². The molecule has 0 unspecified atom stereocenters. The van der Waals surface area contributed by atoms with E-state index in [9.17, 15) is 0 Å². The molecule has 1 aromatic rings. The van der Waals surface area contributed by atoms with E-state index in [1.54, 1.807) is 7.11 Å².